The Hall–Kier alpha value is -0.510. The summed E-state index contributed by atoms with van der Waals surface area (Å²) in [5.41, 5.74) is 3.09. The molecule has 17 heavy (non-hydrogen) atoms. The summed E-state index contributed by atoms with van der Waals surface area (Å²) in [5, 5.41) is 0. The van der Waals surface area contributed by atoms with Gasteiger partial charge in [0.25, 0.3) is 0 Å². The molecule has 0 amide bonds. The molecular weight excluding hydrogens is 230 g/mol. The molecule has 3 heteroatoms. The van der Waals surface area contributed by atoms with Crippen molar-refractivity contribution in [3.05, 3.63) is 35.4 Å². The van der Waals surface area contributed by atoms with E-state index in [1.54, 1.807) is 5.56 Å². The molecule has 0 aromatic heterocycles. The highest BCUT2D eigenvalue weighted by atomic mass is 32.2. The monoisotopic (exact) mass is 249 g/mol. The van der Waals surface area contributed by atoms with E-state index in [-0.39, 0.29) is 0 Å². The quantitative estimate of drug-likeness (QED) is 0.747. The predicted octanol–water partition coefficient (Wildman–Crippen LogP) is 1.78. The molecule has 0 radical (unpaired) electrons. The van der Waals surface area contributed by atoms with Crippen molar-refractivity contribution in [2.75, 3.05) is 31.1 Å². The first-order valence-electron chi connectivity index (χ1n) is 6.48. The van der Waals surface area contributed by atoms with Crippen molar-refractivity contribution >= 4 is 11.2 Å². The summed E-state index contributed by atoms with van der Waals surface area (Å²) in [6, 6.07) is 8.85. The van der Waals surface area contributed by atoms with Gasteiger partial charge in [-0.15, -0.1) is 0 Å². The predicted molar refractivity (Wildman–Crippen MR) is 71.8 cm³/mol. The van der Waals surface area contributed by atoms with Gasteiger partial charge in [-0.2, -0.15) is 0 Å². The van der Waals surface area contributed by atoms with Gasteiger partial charge in [0.05, 0.1) is 0 Å². The van der Waals surface area contributed by atoms with Gasteiger partial charge in [0.2, 0.25) is 0 Å². The number of hydrogen-bond acceptors (Lipinski definition) is 2. The number of benzene rings is 1. The summed E-state index contributed by atoms with van der Waals surface area (Å²) >= 11 is -0.551. The summed E-state index contributed by atoms with van der Waals surface area (Å²) in [6.07, 6.45) is 2.53. The lowest BCUT2D eigenvalue weighted by Gasteiger charge is -2.30. The normalized spacial score (nSPS) is 26.1. The topological polar surface area (TPSA) is 26.3 Å². The average molecular weight is 249 g/mol. The van der Waals surface area contributed by atoms with Gasteiger partial charge in [-0.3, -0.25) is 4.90 Å². The highest BCUT2D eigenvalue weighted by molar-refractivity contribution is 7.91. The van der Waals surface area contributed by atoms with Crippen molar-refractivity contribution in [1.29, 1.82) is 0 Å². The minimum Gasteiger partial charge on any atom is -0.616 e. The van der Waals surface area contributed by atoms with Crippen LogP contribution in [0.25, 0.3) is 0 Å². The first-order chi connectivity index (χ1) is 8.33. The fraction of sp³-hybridized carbons (Fsp3) is 0.571. The van der Waals surface area contributed by atoms with Crippen molar-refractivity contribution in [3.8, 4) is 0 Å². The molecule has 1 aromatic rings. The van der Waals surface area contributed by atoms with Crippen LogP contribution in [-0.4, -0.2) is 40.6 Å². The highest BCUT2D eigenvalue weighted by Crippen LogP contribution is 2.33. The van der Waals surface area contributed by atoms with E-state index in [0.717, 1.165) is 31.1 Å². The van der Waals surface area contributed by atoms with Crippen molar-refractivity contribution in [2.24, 2.45) is 0 Å². The molecule has 2 aliphatic rings. The van der Waals surface area contributed by atoms with Crippen molar-refractivity contribution < 1.29 is 4.55 Å². The van der Waals surface area contributed by atoms with Gasteiger partial charge < -0.3 is 4.55 Å². The van der Waals surface area contributed by atoms with Crippen LogP contribution in [0.3, 0.4) is 0 Å². The summed E-state index contributed by atoms with van der Waals surface area (Å²) in [6.45, 7) is 3.20. The van der Waals surface area contributed by atoms with Crippen LogP contribution in [0, 0.1) is 0 Å². The lowest BCUT2D eigenvalue weighted by molar-refractivity contribution is 0.275. The zero-order chi connectivity index (χ0) is 11.7. The first-order valence-corrected chi connectivity index (χ1v) is 7.97. The molecule has 2 nitrogen and oxygen atoms in total. The minimum absolute atomic E-state index is 0.551. The van der Waals surface area contributed by atoms with Gasteiger partial charge in [-0.25, -0.2) is 0 Å². The SMILES string of the molecule is [O-][S+]1CCN(C[C@H]2CCc3ccccc32)CC1. The minimum atomic E-state index is -0.551. The Labute approximate surface area is 106 Å². The fourth-order valence-corrected chi connectivity index (χ4v) is 4.13. The Balaban J connectivity index is 1.64. The third kappa shape index (κ3) is 2.51. The number of rotatable bonds is 2. The van der Waals surface area contributed by atoms with E-state index >= 15 is 0 Å². The maximum Gasteiger partial charge on any atom is 0.118 e. The van der Waals surface area contributed by atoms with Gasteiger partial charge in [-0.1, -0.05) is 35.4 Å². The van der Waals surface area contributed by atoms with Gasteiger partial charge in [0.1, 0.15) is 11.5 Å². The average Bonchev–Trinajstić information content (AvgIpc) is 2.76. The van der Waals surface area contributed by atoms with Crippen LogP contribution in [0.2, 0.25) is 0 Å². The fourth-order valence-electron chi connectivity index (χ4n) is 3.00. The zero-order valence-electron chi connectivity index (χ0n) is 10.1. The maximum atomic E-state index is 11.3. The molecule has 0 unspecified atom stereocenters. The van der Waals surface area contributed by atoms with Gasteiger partial charge in [-0.05, 0) is 29.9 Å². The van der Waals surface area contributed by atoms with Crippen molar-refractivity contribution in [2.45, 2.75) is 18.8 Å². The van der Waals surface area contributed by atoms with E-state index in [1.165, 1.54) is 18.4 Å². The largest absolute Gasteiger partial charge is 0.616 e. The van der Waals surface area contributed by atoms with E-state index in [4.69, 9.17) is 0 Å². The maximum absolute atomic E-state index is 11.3. The van der Waals surface area contributed by atoms with Gasteiger partial charge in [0.15, 0.2) is 0 Å². The molecule has 0 spiro atoms. The number of nitrogens with zero attached hydrogens (tertiary/aromatic N) is 1. The summed E-state index contributed by atoms with van der Waals surface area (Å²) in [5.74, 6) is 2.45. The molecule has 1 atom stereocenters. The van der Waals surface area contributed by atoms with Crippen LogP contribution >= 0.6 is 0 Å². The molecular formula is C14H19NOS. The molecule has 1 heterocycles. The van der Waals surface area contributed by atoms with E-state index < -0.39 is 11.2 Å². The molecule has 0 N–H and O–H groups in total. The van der Waals surface area contributed by atoms with E-state index in [1.807, 2.05) is 0 Å². The molecule has 92 valence electrons. The highest BCUT2D eigenvalue weighted by Gasteiger charge is 2.26. The van der Waals surface area contributed by atoms with Crippen LogP contribution in [0.1, 0.15) is 23.5 Å². The molecule has 1 aliphatic heterocycles. The summed E-state index contributed by atoms with van der Waals surface area (Å²) in [7, 11) is 0. The third-order valence-electron chi connectivity index (χ3n) is 4.01. The standard InChI is InChI=1S/C14H19NOS/c16-17-9-7-15(8-10-17)11-13-6-5-12-3-1-2-4-14(12)13/h1-4,13H,5-11H2/t13-/m1/s1. The van der Waals surface area contributed by atoms with Crippen LogP contribution in [0.4, 0.5) is 0 Å². The Morgan fingerprint density at radius 1 is 1.24 bits per heavy atom. The summed E-state index contributed by atoms with van der Waals surface area (Å²) < 4.78 is 11.3. The van der Waals surface area contributed by atoms with E-state index in [0.29, 0.717) is 5.92 Å². The molecule has 1 saturated heterocycles. The van der Waals surface area contributed by atoms with Crippen LogP contribution < -0.4 is 0 Å². The molecule has 0 bridgehead atoms. The smallest absolute Gasteiger partial charge is 0.118 e. The molecule has 0 saturated carbocycles. The Bertz CT molecular complexity index is 388. The Morgan fingerprint density at radius 3 is 2.82 bits per heavy atom. The number of fused-ring (bicyclic) bond motifs is 1. The lowest BCUT2D eigenvalue weighted by atomic mass is 10.0. The third-order valence-corrected chi connectivity index (χ3v) is 5.28. The zero-order valence-corrected chi connectivity index (χ0v) is 10.9. The molecule has 1 fully saturated rings. The lowest BCUT2D eigenvalue weighted by Crippen LogP contribution is -2.41. The second-order valence-electron chi connectivity index (χ2n) is 5.08. The number of hydrogen-bond donors (Lipinski definition) is 0. The van der Waals surface area contributed by atoms with Gasteiger partial charge in [0, 0.05) is 19.6 Å². The van der Waals surface area contributed by atoms with E-state index in [9.17, 15) is 4.55 Å². The molecule has 1 aromatic carbocycles. The first kappa shape index (κ1) is 11.6. The summed E-state index contributed by atoms with van der Waals surface area (Å²) in [4.78, 5) is 2.49. The van der Waals surface area contributed by atoms with Gasteiger partial charge >= 0.3 is 0 Å². The van der Waals surface area contributed by atoms with Crippen LogP contribution in [-0.2, 0) is 17.6 Å². The van der Waals surface area contributed by atoms with Crippen LogP contribution in [0.15, 0.2) is 24.3 Å². The van der Waals surface area contributed by atoms with Crippen LogP contribution in [0.5, 0.6) is 0 Å². The van der Waals surface area contributed by atoms with E-state index in [2.05, 4.69) is 29.2 Å². The van der Waals surface area contributed by atoms with Crippen molar-refractivity contribution in [3.63, 3.8) is 0 Å². The Kier molecular flexibility index (Phi) is 3.41. The second-order valence-corrected chi connectivity index (χ2v) is 6.78. The Morgan fingerprint density at radius 2 is 2.00 bits per heavy atom. The van der Waals surface area contributed by atoms with Crippen molar-refractivity contribution in [1.82, 2.24) is 4.90 Å². The molecule has 3 rings (SSSR count). The number of aryl methyl sites for hydroxylation is 1. The second kappa shape index (κ2) is 5.01. The molecule has 1 aliphatic carbocycles.